The van der Waals surface area contributed by atoms with Gasteiger partial charge in [0.25, 0.3) is 0 Å². The average Bonchev–Trinajstić information content (AvgIpc) is 2.64. The highest BCUT2D eigenvalue weighted by molar-refractivity contribution is 5.65. The summed E-state index contributed by atoms with van der Waals surface area (Å²) in [5.41, 5.74) is 6.22. The van der Waals surface area contributed by atoms with Crippen molar-refractivity contribution in [2.24, 2.45) is 12.8 Å². The molecule has 0 spiro atoms. The van der Waals surface area contributed by atoms with Gasteiger partial charge in [-0.2, -0.15) is 5.10 Å². The van der Waals surface area contributed by atoms with Crippen molar-refractivity contribution in [2.45, 2.75) is 18.4 Å². The molecule has 1 aromatic rings. The van der Waals surface area contributed by atoms with E-state index in [1.165, 1.54) is 0 Å². The summed E-state index contributed by atoms with van der Waals surface area (Å²) in [6.45, 7) is 1.70. The number of amides is 1. The molecule has 1 amide bonds. The molecular weight excluding hydrogens is 220 g/mol. The number of likely N-dealkylation sites (N-methyl/N-ethyl adjacent to an activating group) is 1. The van der Waals surface area contributed by atoms with Gasteiger partial charge < -0.3 is 15.4 Å². The second kappa shape index (κ2) is 4.75. The molecule has 1 aliphatic heterocycles. The Morgan fingerprint density at radius 2 is 2.35 bits per heavy atom. The Balaban J connectivity index is 2.15. The van der Waals surface area contributed by atoms with E-state index in [1.54, 1.807) is 4.68 Å². The van der Waals surface area contributed by atoms with Gasteiger partial charge in [0, 0.05) is 25.7 Å². The minimum Gasteiger partial charge on any atom is -0.444 e. The van der Waals surface area contributed by atoms with Crippen molar-refractivity contribution in [1.29, 1.82) is 0 Å². The van der Waals surface area contributed by atoms with E-state index in [9.17, 15) is 4.79 Å². The highest BCUT2D eigenvalue weighted by atomic mass is 16.6. The van der Waals surface area contributed by atoms with Crippen molar-refractivity contribution in [3.05, 3.63) is 18.0 Å². The monoisotopic (exact) mass is 238 g/mol. The van der Waals surface area contributed by atoms with Crippen LogP contribution in [0.25, 0.3) is 0 Å². The number of aromatic nitrogens is 2. The highest BCUT2D eigenvalue weighted by Gasteiger charge is 2.32. The summed E-state index contributed by atoms with van der Waals surface area (Å²) < 4.78 is 6.96. The van der Waals surface area contributed by atoms with Crippen LogP contribution in [0.3, 0.4) is 0 Å². The first kappa shape index (κ1) is 11.9. The van der Waals surface area contributed by atoms with Gasteiger partial charge in [-0.3, -0.25) is 4.68 Å². The molecule has 0 saturated carbocycles. The molecule has 0 radical (unpaired) electrons. The van der Waals surface area contributed by atoms with Crippen molar-refractivity contribution in [3.63, 3.8) is 0 Å². The van der Waals surface area contributed by atoms with Gasteiger partial charge in [0.05, 0.1) is 6.20 Å². The van der Waals surface area contributed by atoms with E-state index >= 15 is 0 Å². The molecule has 2 atom stereocenters. The van der Waals surface area contributed by atoms with E-state index in [4.69, 9.17) is 10.5 Å². The number of aryl methyl sites for hydroxylation is 1. The Hall–Kier alpha value is -1.56. The SMILES string of the molecule is CN1CC[C@@H](c2cnn(C)c2)[C@H](OC(N)=O)C1. The first-order valence-electron chi connectivity index (χ1n) is 5.69. The number of nitrogens with zero attached hydrogens (tertiary/aromatic N) is 3. The normalized spacial score (nSPS) is 25.8. The van der Waals surface area contributed by atoms with E-state index in [0.717, 1.165) is 18.5 Å². The molecule has 1 fully saturated rings. The zero-order chi connectivity index (χ0) is 12.4. The lowest BCUT2D eigenvalue weighted by Crippen LogP contribution is -2.43. The van der Waals surface area contributed by atoms with Crippen LogP contribution in [0.15, 0.2) is 12.4 Å². The number of carbonyl (C=O) groups is 1. The Kier molecular flexibility index (Phi) is 3.33. The van der Waals surface area contributed by atoms with Crippen LogP contribution in [0.2, 0.25) is 0 Å². The summed E-state index contributed by atoms with van der Waals surface area (Å²) >= 11 is 0. The zero-order valence-electron chi connectivity index (χ0n) is 10.2. The second-order valence-electron chi connectivity index (χ2n) is 4.58. The highest BCUT2D eigenvalue weighted by Crippen LogP contribution is 2.29. The Morgan fingerprint density at radius 3 is 2.94 bits per heavy atom. The van der Waals surface area contributed by atoms with Crippen molar-refractivity contribution in [1.82, 2.24) is 14.7 Å². The van der Waals surface area contributed by atoms with Gasteiger partial charge in [0.15, 0.2) is 0 Å². The number of hydrogen-bond donors (Lipinski definition) is 1. The lowest BCUT2D eigenvalue weighted by molar-refractivity contribution is 0.0408. The third kappa shape index (κ3) is 2.76. The minimum absolute atomic E-state index is 0.185. The Bertz CT molecular complexity index is 404. The van der Waals surface area contributed by atoms with E-state index in [0.29, 0.717) is 6.54 Å². The molecule has 1 saturated heterocycles. The maximum atomic E-state index is 10.9. The quantitative estimate of drug-likeness (QED) is 0.804. The molecule has 1 aliphatic rings. The fourth-order valence-corrected chi connectivity index (χ4v) is 2.35. The molecular formula is C11H18N4O2. The predicted octanol–water partition coefficient (Wildman–Crippen LogP) is 0.303. The van der Waals surface area contributed by atoms with Gasteiger partial charge in [-0.15, -0.1) is 0 Å². The van der Waals surface area contributed by atoms with E-state index < -0.39 is 6.09 Å². The summed E-state index contributed by atoms with van der Waals surface area (Å²) in [6, 6.07) is 0. The molecule has 6 nitrogen and oxygen atoms in total. The molecule has 0 bridgehead atoms. The number of piperidine rings is 1. The van der Waals surface area contributed by atoms with E-state index in [2.05, 4.69) is 10.00 Å². The molecule has 2 N–H and O–H groups in total. The third-order valence-corrected chi connectivity index (χ3v) is 3.18. The molecule has 1 aromatic heterocycles. The average molecular weight is 238 g/mol. The van der Waals surface area contributed by atoms with Crippen molar-refractivity contribution >= 4 is 6.09 Å². The van der Waals surface area contributed by atoms with Crippen molar-refractivity contribution < 1.29 is 9.53 Å². The third-order valence-electron chi connectivity index (χ3n) is 3.18. The molecule has 2 heterocycles. The fourth-order valence-electron chi connectivity index (χ4n) is 2.35. The summed E-state index contributed by atoms with van der Waals surface area (Å²) in [5, 5.41) is 4.16. The molecule has 2 rings (SSSR count). The van der Waals surface area contributed by atoms with E-state index in [-0.39, 0.29) is 12.0 Å². The molecule has 0 aromatic carbocycles. The summed E-state index contributed by atoms with van der Waals surface area (Å²) in [7, 11) is 3.89. The van der Waals surface area contributed by atoms with E-state index in [1.807, 2.05) is 26.5 Å². The van der Waals surface area contributed by atoms with Crippen molar-refractivity contribution in [2.75, 3.05) is 20.1 Å². The number of likely N-dealkylation sites (tertiary alicyclic amines) is 1. The number of rotatable bonds is 2. The minimum atomic E-state index is -0.709. The Labute approximate surface area is 100 Å². The van der Waals surface area contributed by atoms with Gasteiger partial charge in [-0.05, 0) is 25.6 Å². The van der Waals surface area contributed by atoms with Crippen LogP contribution in [0.4, 0.5) is 4.79 Å². The maximum Gasteiger partial charge on any atom is 0.404 e. The van der Waals surface area contributed by atoms with Crippen molar-refractivity contribution in [3.8, 4) is 0 Å². The maximum absolute atomic E-state index is 10.9. The first-order chi connectivity index (χ1) is 8.06. The van der Waals surface area contributed by atoms with Gasteiger partial charge in [-0.25, -0.2) is 4.79 Å². The zero-order valence-corrected chi connectivity index (χ0v) is 10.2. The molecule has 94 valence electrons. The standard InChI is InChI=1S/C11H18N4O2/c1-14-4-3-9(8-5-13-15(2)6-8)10(7-14)17-11(12)16/h5-6,9-10H,3-4,7H2,1-2H3,(H2,12,16)/t9-,10+/m0/s1. The van der Waals surface area contributed by atoms with Gasteiger partial charge in [0.1, 0.15) is 6.10 Å². The first-order valence-corrected chi connectivity index (χ1v) is 5.69. The van der Waals surface area contributed by atoms with Crippen LogP contribution in [0, 0.1) is 0 Å². The molecule has 6 heteroatoms. The summed E-state index contributed by atoms with van der Waals surface area (Å²) in [6.07, 6.45) is 3.84. The summed E-state index contributed by atoms with van der Waals surface area (Å²) in [4.78, 5) is 13.1. The van der Waals surface area contributed by atoms with Gasteiger partial charge in [-0.1, -0.05) is 0 Å². The predicted molar refractivity (Wildman–Crippen MR) is 62.5 cm³/mol. The van der Waals surface area contributed by atoms with Crippen LogP contribution in [0.1, 0.15) is 17.9 Å². The number of hydrogen-bond acceptors (Lipinski definition) is 4. The lowest BCUT2D eigenvalue weighted by atomic mass is 9.89. The van der Waals surface area contributed by atoms with Crippen LogP contribution >= 0.6 is 0 Å². The van der Waals surface area contributed by atoms with Crippen LogP contribution < -0.4 is 5.73 Å². The smallest absolute Gasteiger partial charge is 0.404 e. The number of nitrogens with two attached hydrogens (primary N) is 1. The fraction of sp³-hybridized carbons (Fsp3) is 0.636. The Morgan fingerprint density at radius 1 is 1.59 bits per heavy atom. The molecule has 0 aliphatic carbocycles. The largest absolute Gasteiger partial charge is 0.444 e. The van der Waals surface area contributed by atoms with Gasteiger partial charge >= 0.3 is 6.09 Å². The molecule has 17 heavy (non-hydrogen) atoms. The topological polar surface area (TPSA) is 73.4 Å². The second-order valence-corrected chi connectivity index (χ2v) is 4.58. The number of carbonyl (C=O) groups excluding carboxylic acids is 1. The van der Waals surface area contributed by atoms with Crippen LogP contribution in [-0.4, -0.2) is 47.0 Å². The van der Waals surface area contributed by atoms with Crippen LogP contribution in [0.5, 0.6) is 0 Å². The number of ether oxygens (including phenoxy) is 1. The number of primary amides is 1. The summed E-state index contributed by atoms with van der Waals surface area (Å²) in [5.74, 6) is 0.187. The molecule has 0 unspecified atom stereocenters. The van der Waals surface area contributed by atoms with Gasteiger partial charge in [0.2, 0.25) is 0 Å². The van der Waals surface area contributed by atoms with Crippen LogP contribution in [-0.2, 0) is 11.8 Å². The lowest BCUT2D eigenvalue weighted by Gasteiger charge is -2.35.